The van der Waals surface area contributed by atoms with Crippen LogP contribution in [0.5, 0.6) is 0 Å². The van der Waals surface area contributed by atoms with Crippen molar-refractivity contribution >= 4 is 17.6 Å². The fourth-order valence-corrected chi connectivity index (χ4v) is 9.35. The standard InChI is InChI=1S/C45H74N6O3/c1-11-25-46-31(4)39(52)35(21-20-32-16-17-32)50-41(53)38-37-34(44(37,8)9)28-51(38)42(54)40(45(10)23-13-12-14-24-45)48-26-30(3)49-36(43(5,6)7)22-15-29(2)47-27-33-18-19-33/h11,32-38,40,46-49H,1-4,12-28H2,5-10H3,(H,50,53)/t34-,35?,36?,37-,38?,40?/m0/s1. The molecule has 1 saturated heterocycles. The number of hydrogen-bond donors (Lipinski definition) is 5. The Kier molecular flexibility index (Phi) is 13.5. The minimum absolute atomic E-state index is 0.000222. The van der Waals surface area contributed by atoms with Crippen LogP contribution in [0.2, 0.25) is 0 Å². The third kappa shape index (κ3) is 10.6. The number of amides is 2. The van der Waals surface area contributed by atoms with Crippen LogP contribution in [-0.2, 0) is 14.4 Å². The largest absolute Gasteiger partial charge is 0.389 e. The lowest BCUT2D eigenvalue weighted by molar-refractivity contribution is -0.145. The van der Waals surface area contributed by atoms with Gasteiger partial charge in [0.2, 0.25) is 11.8 Å². The number of fused-ring (bicyclic) bond motifs is 1. The number of likely N-dealkylation sites (tertiary alicyclic amines) is 1. The number of nitrogens with one attached hydrogen (secondary N) is 5. The predicted molar refractivity (Wildman–Crippen MR) is 220 cm³/mol. The molecule has 54 heavy (non-hydrogen) atoms. The lowest BCUT2D eigenvalue weighted by Gasteiger charge is -2.43. The van der Waals surface area contributed by atoms with Crippen molar-refractivity contribution in [3.05, 3.63) is 49.5 Å². The zero-order valence-corrected chi connectivity index (χ0v) is 34.7. The summed E-state index contributed by atoms with van der Waals surface area (Å²) in [7, 11) is 0. The van der Waals surface area contributed by atoms with E-state index in [0.29, 0.717) is 32.0 Å². The monoisotopic (exact) mass is 747 g/mol. The molecule has 5 aliphatic rings. The minimum Gasteiger partial charge on any atom is -0.389 e. The van der Waals surface area contributed by atoms with Gasteiger partial charge in [-0.25, -0.2) is 0 Å². The van der Waals surface area contributed by atoms with Crippen LogP contribution in [0.25, 0.3) is 0 Å². The normalized spacial score (nSPS) is 25.7. The van der Waals surface area contributed by atoms with Gasteiger partial charge in [0.05, 0.1) is 17.8 Å². The highest BCUT2D eigenvalue weighted by Gasteiger charge is 2.70. The van der Waals surface area contributed by atoms with Gasteiger partial charge in [0.1, 0.15) is 6.04 Å². The number of hydrogen-bond acceptors (Lipinski definition) is 7. The molecule has 5 N–H and O–H groups in total. The van der Waals surface area contributed by atoms with E-state index in [1.807, 2.05) is 4.90 Å². The quantitative estimate of drug-likeness (QED) is 0.0582. The third-order valence-electron chi connectivity index (χ3n) is 13.7. The maximum Gasteiger partial charge on any atom is 0.243 e. The van der Waals surface area contributed by atoms with E-state index in [4.69, 9.17) is 0 Å². The van der Waals surface area contributed by atoms with Crippen LogP contribution in [0.15, 0.2) is 49.5 Å². The molecule has 0 spiro atoms. The van der Waals surface area contributed by atoms with Crippen molar-refractivity contribution in [1.29, 1.82) is 0 Å². The molecule has 0 aromatic carbocycles. The van der Waals surface area contributed by atoms with Gasteiger partial charge in [-0.15, -0.1) is 6.58 Å². The first kappa shape index (κ1) is 42.1. The molecule has 5 fully saturated rings. The average Bonchev–Trinajstić information content (AvgIpc) is 4.07. The number of carbonyl (C=O) groups is 3. The van der Waals surface area contributed by atoms with E-state index in [-0.39, 0.29) is 57.4 Å². The summed E-state index contributed by atoms with van der Waals surface area (Å²) < 4.78 is 0. The molecule has 9 nitrogen and oxygen atoms in total. The van der Waals surface area contributed by atoms with Gasteiger partial charge in [-0.05, 0) is 91.3 Å². The van der Waals surface area contributed by atoms with Crippen molar-refractivity contribution in [2.24, 2.45) is 39.9 Å². The summed E-state index contributed by atoms with van der Waals surface area (Å²) in [6.07, 6.45) is 15.2. The number of carbonyl (C=O) groups excluding carboxylic acids is 3. The van der Waals surface area contributed by atoms with Crippen LogP contribution < -0.4 is 26.6 Å². The summed E-state index contributed by atoms with van der Waals surface area (Å²) in [6, 6.07) is -1.57. The number of nitrogens with zero attached hydrogens (tertiary/aromatic N) is 1. The van der Waals surface area contributed by atoms with Crippen molar-refractivity contribution in [2.45, 2.75) is 149 Å². The number of allylic oxidation sites excluding steroid dienone is 1. The molecule has 6 atom stereocenters. The molecule has 0 aromatic rings. The molecule has 0 radical (unpaired) electrons. The lowest BCUT2D eigenvalue weighted by atomic mass is 9.70. The molecule has 4 unspecified atom stereocenters. The molecule has 302 valence electrons. The second kappa shape index (κ2) is 17.4. The topological polar surface area (TPSA) is 115 Å². The van der Waals surface area contributed by atoms with Crippen molar-refractivity contribution in [1.82, 2.24) is 31.5 Å². The molecule has 1 aliphatic heterocycles. The number of rotatable bonds is 23. The van der Waals surface area contributed by atoms with Gasteiger partial charge in [0.15, 0.2) is 5.78 Å². The summed E-state index contributed by atoms with van der Waals surface area (Å²) >= 11 is 0. The van der Waals surface area contributed by atoms with Gasteiger partial charge in [-0.1, -0.05) is 99.5 Å². The highest BCUT2D eigenvalue weighted by atomic mass is 16.2. The van der Waals surface area contributed by atoms with Crippen LogP contribution in [0.1, 0.15) is 125 Å². The van der Waals surface area contributed by atoms with Crippen LogP contribution in [0.4, 0.5) is 0 Å². The summed E-state index contributed by atoms with van der Waals surface area (Å²) in [5.74, 6) is 1.32. The maximum atomic E-state index is 15.0. The molecule has 4 saturated carbocycles. The van der Waals surface area contributed by atoms with Crippen LogP contribution in [0.3, 0.4) is 0 Å². The van der Waals surface area contributed by atoms with Gasteiger partial charge in [-0.2, -0.15) is 0 Å². The van der Waals surface area contributed by atoms with Gasteiger partial charge in [0.25, 0.3) is 0 Å². The number of Topliss-reactive ketones (excluding diaryl/α,β-unsaturated/α-hetero) is 1. The predicted octanol–water partition coefficient (Wildman–Crippen LogP) is 6.74. The molecule has 0 aromatic heterocycles. The van der Waals surface area contributed by atoms with Crippen LogP contribution >= 0.6 is 0 Å². The van der Waals surface area contributed by atoms with Gasteiger partial charge < -0.3 is 26.2 Å². The van der Waals surface area contributed by atoms with Gasteiger partial charge in [0, 0.05) is 43.6 Å². The Morgan fingerprint density at radius 2 is 1.56 bits per heavy atom. The molecule has 4 aliphatic carbocycles. The first-order valence-corrected chi connectivity index (χ1v) is 21.2. The van der Waals surface area contributed by atoms with Crippen LogP contribution in [0, 0.1) is 39.9 Å². The van der Waals surface area contributed by atoms with E-state index in [1.165, 1.54) is 32.1 Å². The molecular formula is C45H74N6O3. The van der Waals surface area contributed by atoms with Crippen molar-refractivity contribution in [2.75, 3.05) is 26.2 Å². The zero-order chi connectivity index (χ0) is 39.4. The second-order valence-electron chi connectivity index (χ2n) is 19.6. The third-order valence-corrected chi connectivity index (χ3v) is 13.7. The average molecular weight is 747 g/mol. The van der Waals surface area contributed by atoms with Crippen molar-refractivity contribution in [3.8, 4) is 0 Å². The summed E-state index contributed by atoms with van der Waals surface area (Å²) in [5.41, 5.74) is 1.96. The Morgan fingerprint density at radius 1 is 0.889 bits per heavy atom. The van der Waals surface area contributed by atoms with Crippen molar-refractivity contribution in [3.63, 3.8) is 0 Å². The second-order valence-corrected chi connectivity index (χ2v) is 19.6. The van der Waals surface area contributed by atoms with E-state index < -0.39 is 18.1 Å². The first-order chi connectivity index (χ1) is 25.5. The molecule has 2 amide bonds. The fraction of sp³-hybridized carbons (Fsp3) is 0.756. The number of ketones is 1. The molecule has 5 rings (SSSR count). The highest BCUT2D eigenvalue weighted by molar-refractivity contribution is 6.01. The molecule has 0 bridgehead atoms. The minimum atomic E-state index is -0.679. The first-order valence-electron chi connectivity index (χ1n) is 21.2. The zero-order valence-electron chi connectivity index (χ0n) is 34.7. The molecule has 9 heteroatoms. The van der Waals surface area contributed by atoms with E-state index in [9.17, 15) is 9.59 Å². The maximum absolute atomic E-state index is 15.0. The van der Waals surface area contributed by atoms with E-state index >= 15 is 4.79 Å². The smallest absolute Gasteiger partial charge is 0.243 e. The Balaban J connectivity index is 1.29. The highest BCUT2D eigenvalue weighted by Crippen LogP contribution is 2.65. The Labute approximate surface area is 327 Å². The fourth-order valence-electron chi connectivity index (χ4n) is 9.35. The molecule has 1 heterocycles. The van der Waals surface area contributed by atoms with Crippen molar-refractivity contribution < 1.29 is 14.4 Å². The summed E-state index contributed by atoms with van der Waals surface area (Å²) in [6.45, 7) is 32.4. The molecular weight excluding hydrogens is 673 g/mol. The van der Waals surface area contributed by atoms with Gasteiger partial charge >= 0.3 is 0 Å². The Bertz CT molecular complexity index is 1410. The summed E-state index contributed by atoms with van der Waals surface area (Å²) in [5, 5.41) is 17.2. The SMILES string of the molecule is C=CCNC(=C)C(=O)C(CCC1CC1)NC(=O)C1[C@@H]2[C@H](CN1C(=O)C(NCC(=C)NC(CCC(=C)NCC1CC1)C(C)(C)C)C1(C)CCCCC1)C2(C)C. The summed E-state index contributed by atoms with van der Waals surface area (Å²) in [4.78, 5) is 45.0. The Hall–Kier alpha value is -3.07. The number of piperidine rings is 1. The van der Waals surface area contributed by atoms with E-state index in [1.54, 1.807) is 6.08 Å². The Morgan fingerprint density at radius 3 is 2.17 bits per heavy atom. The van der Waals surface area contributed by atoms with Crippen LogP contribution in [-0.4, -0.2) is 72.8 Å². The van der Waals surface area contributed by atoms with E-state index in [2.05, 4.69) is 94.4 Å². The lowest BCUT2D eigenvalue weighted by Crippen LogP contribution is -2.61. The van der Waals surface area contributed by atoms with E-state index in [0.717, 1.165) is 68.8 Å². The van der Waals surface area contributed by atoms with Gasteiger partial charge in [-0.3, -0.25) is 19.7 Å².